The number of amides is 2. The molecule has 194 valence electrons. The zero-order chi connectivity index (χ0) is 26.3. The van der Waals surface area contributed by atoms with Crippen LogP contribution in [0.2, 0.25) is 0 Å². The summed E-state index contributed by atoms with van der Waals surface area (Å²) in [6.45, 7) is 1.22. The molecule has 0 spiro atoms. The van der Waals surface area contributed by atoms with Crippen LogP contribution in [0.5, 0.6) is 0 Å². The lowest BCUT2D eigenvalue weighted by molar-refractivity contribution is -0.126. The van der Waals surface area contributed by atoms with Crippen LogP contribution in [0.25, 0.3) is 11.3 Å². The highest BCUT2D eigenvalue weighted by atomic mass is 19.1. The molecule has 6 nitrogen and oxygen atoms in total. The Hall–Kier alpha value is -4.23. The largest absolute Gasteiger partial charge is 0.376 e. The van der Waals surface area contributed by atoms with Crippen LogP contribution in [-0.4, -0.2) is 41.0 Å². The van der Waals surface area contributed by atoms with E-state index in [1.54, 1.807) is 18.2 Å². The van der Waals surface area contributed by atoms with Crippen molar-refractivity contribution in [3.63, 3.8) is 0 Å². The monoisotopic (exact) mass is 511 g/mol. The van der Waals surface area contributed by atoms with Crippen molar-refractivity contribution in [2.45, 2.75) is 31.5 Å². The summed E-state index contributed by atoms with van der Waals surface area (Å²) >= 11 is 0. The fourth-order valence-electron chi connectivity index (χ4n) is 4.76. The Balaban J connectivity index is 1.50. The number of H-pyrrole nitrogens is 1. The van der Waals surface area contributed by atoms with E-state index in [2.05, 4.69) is 10.3 Å². The number of nitrogens with one attached hydrogen (secondary N) is 2. The fraction of sp³-hybridized carbons (Fsp3) is 0.226. The van der Waals surface area contributed by atoms with Gasteiger partial charge in [0, 0.05) is 25.4 Å². The Morgan fingerprint density at radius 3 is 2.34 bits per heavy atom. The molecule has 1 fully saturated rings. The second-order valence-electron chi connectivity index (χ2n) is 9.40. The smallest absolute Gasteiger partial charge is 0.271 e. The second kappa shape index (κ2) is 11.9. The van der Waals surface area contributed by atoms with Crippen LogP contribution >= 0.6 is 0 Å². The number of aromatic amines is 1. The van der Waals surface area contributed by atoms with Crippen molar-refractivity contribution in [3.8, 4) is 11.3 Å². The Morgan fingerprint density at radius 1 is 0.947 bits per heavy atom. The molecule has 1 aliphatic rings. The van der Waals surface area contributed by atoms with E-state index >= 15 is 0 Å². The highest BCUT2D eigenvalue weighted by Gasteiger charge is 2.33. The molecule has 2 heterocycles. The second-order valence-corrected chi connectivity index (χ2v) is 9.40. The lowest BCUT2D eigenvalue weighted by Crippen LogP contribution is -2.45. The van der Waals surface area contributed by atoms with Crippen LogP contribution in [0, 0.1) is 5.82 Å². The number of rotatable bonds is 9. The molecule has 2 N–H and O–H groups in total. The van der Waals surface area contributed by atoms with E-state index in [-0.39, 0.29) is 24.5 Å². The number of hydrogen-bond donors (Lipinski definition) is 2. The van der Waals surface area contributed by atoms with Crippen molar-refractivity contribution >= 4 is 11.8 Å². The number of benzene rings is 3. The number of halogens is 1. The van der Waals surface area contributed by atoms with Gasteiger partial charge >= 0.3 is 0 Å². The fourth-order valence-corrected chi connectivity index (χ4v) is 4.76. The third-order valence-corrected chi connectivity index (χ3v) is 6.73. The molecule has 5 rings (SSSR count). The molecule has 0 unspecified atom stereocenters. The van der Waals surface area contributed by atoms with Gasteiger partial charge in [-0.25, -0.2) is 4.39 Å². The van der Waals surface area contributed by atoms with Crippen molar-refractivity contribution in [2.75, 3.05) is 13.2 Å². The summed E-state index contributed by atoms with van der Waals surface area (Å²) < 4.78 is 19.5. The molecule has 7 heteroatoms. The topological polar surface area (TPSA) is 74.4 Å². The van der Waals surface area contributed by atoms with Crippen LogP contribution in [0.1, 0.15) is 40.5 Å². The summed E-state index contributed by atoms with van der Waals surface area (Å²) in [6, 6.07) is 27.6. The standard InChI is InChI=1S/C31H30FN3O3/c32-25-15-13-24(14-16-25)29(30(36)33-20-26-12-7-19-38-26)35(21-22-8-3-1-4-9-22)31(37)28-18-17-27(34-28)23-10-5-2-6-11-23/h1-6,8-11,13-18,26,29,34H,7,12,19-21H2,(H,33,36)/t26-,29-/m1/s1. The summed E-state index contributed by atoms with van der Waals surface area (Å²) in [6.07, 6.45) is 1.78. The first-order valence-electron chi connectivity index (χ1n) is 12.8. The molecule has 1 aliphatic heterocycles. The van der Waals surface area contributed by atoms with E-state index in [0.717, 1.165) is 29.7 Å². The molecule has 1 aromatic heterocycles. The maximum atomic E-state index is 14.1. The Bertz CT molecular complexity index is 1350. The van der Waals surface area contributed by atoms with Crippen molar-refractivity contribution in [2.24, 2.45) is 0 Å². The van der Waals surface area contributed by atoms with Crippen LogP contribution in [0.15, 0.2) is 97.1 Å². The van der Waals surface area contributed by atoms with Gasteiger partial charge in [-0.05, 0) is 53.8 Å². The molecule has 0 aliphatic carbocycles. The van der Waals surface area contributed by atoms with Crippen LogP contribution in [0.4, 0.5) is 4.39 Å². The van der Waals surface area contributed by atoms with Gasteiger partial charge in [0.2, 0.25) is 5.91 Å². The highest BCUT2D eigenvalue weighted by Crippen LogP contribution is 2.27. The first-order chi connectivity index (χ1) is 18.6. The lowest BCUT2D eigenvalue weighted by Gasteiger charge is -2.31. The average molecular weight is 512 g/mol. The molecule has 0 saturated carbocycles. The molecule has 38 heavy (non-hydrogen) atoms. The molecule has 0 bridgehead atoms. The number of hydrogen-bond acceptors (Lipinski definition) is 3. The molecular weight excluding hydrogens is 481 g/mol. The van der Waals surface area contributed by atoms with Gasteiger partial charge in [-0.3, -0.25) is 9.59 Å². The quantitative estimate of drug-likeness (QED) is 0.312. The van der Waals surface area contributed by atoms with E-state index < -0.39 is 11.9 Å². The molecule has 3 aromatic carbocycles. The van der Waals surface area contributed by atoms with Gasteiger partial charge in [0.15, 0.2) is 0 Å². The zero-order valence-electron chi connectivity index (χ0n) is 21.0. The summed E-state index contributed by atoms with van der Waals surface area (Å²) in [5.74, 6) is -1.09. The third-order valence-electron chi connectivity index (χ3n) is 6.73. The normalized spacial score (nSPS) is 15.7. The first kappa shape index (κ1) is 25.4. The van der Waals surface area contributed by atoms with Gasteiger partial charge in [-0.1, -0.05) is 72.8 Å². The van der Waals surface area contributed by atoms with Crippen molar-refractivity contribution in [1.29, 1.82) is 0 Å². The molecule has 4 aromatic rings. The van der Waals surface area contributed by atoms with E-state index in [4.69, 9.17) is 4.74 Å². The number of carbonyl (C=O) groups excluding carboxylic acids is 2. The van der Waals surface area contributed by atoms with E-state index in [1.165, 1.54) is 17.0 Å². The molecule has 1 saturated heterocycles. The van der Waals surface area contributed by atoms with E-state index in [0.29, 0.717) is 24.4 Å². The maximum Gasteiger partial charge on any atom is 0.271 e. The van der Waals surface area contributed by atoms with Crippen LogP contribution < -0.4 is 5.32 Å². The first-order valence-corrected chi connectivity index (χ1v) is 12.8. The Labute approximate surface area is 221 Å². The zero-order valence-corrected chi connectivity index (χ0v) is 21.0. The van der Waals surface area contributed by atoms with Crippen molar-refractivity contribution in [3.05, 3.63) is 120 Å². The minimum atomic E-state index is -0.979. The maximum absolute atomic E-state index is 14.1. The van der Waals surface area contributed by atoms with Gasteiger partial charge in [0.05, 0.1) is 6.10 Å². The predicted octanol–water partition coefficient (Wildman–Crippen LogP) is 5.50. The number of aromatic nitrogens is 1. The summed E-state index contributed by atoms with van der Waals surface area (Å²) in [4.78, 5) is 32.5. The minimum Gasteiger partial charge on any atom is -0.376 e. The minimum absolute atomic E-state index is 0.0528. The van der Waals surface area contributed by atoms with Crippen molar-refractivity contribution < 1.29 is 18.7 Å². The summed E-state index contributed by atoms with van der Waals surface area (Å²) in [7, 11) is 0. The average Bonchev–Trinajstić information content (AvgIpc) is 3.66. The van der Waals surface area contributed by atoms with E-state index in [1.807, 2.05) is 66.7 Å². The van der Waals surface area contributed by atoms with Gasteiger partial charge in [0.1, 0.15) is 17.6 Å². The number of carbonyl (C=O) groups is 2. The van der Waals surface area contributed by atoms with E-state index in [9.17, 15) is 14.0 Å². The van der Waals surface area contributed by atoms with Gasteiger partial charge in [-0.15, -0.1) is 0 Å². The van der Waals surface area contributed by atoms with Gasteiger partial charge < -0.3 is 19.9 Å². The highest BCUT2D eigenvalue weighted by molar-refractivity contribution is 5.97. The summed E-state index contributed by atoms with van der Waals surface area (Å²) in [5.41, 5.74) is 3.50. The number of nitrogens with zero attached hydrogens (tertiary/aromatic N) is 1. The number of ether oxygens (including phenoxy) is 1. The third kappa shape index (κ3) is 6.01. The Kier molecular flexibility index (Phi) is 7.95. The molecule has 2 atom stereocenters. The SMILES string of the molecule is O=C(NC[C@H]1CCCO1)[C@@H](c1ccc(F)cc1)N(Cc1ccccc1)C(=O)c1ccc(-c2ccccc2)[nH]1. The summed E-state index contributed by atoms with van der Waals surface area (Å²) in [5, 5.41) is 2.98. The lowest BCUT2D eigenvalue weighted by atomic mass is 10.0. The van der Waals surface area contributed by atoms with Crippen molar-refractivity contribution in [1.82, 2.24) is 15.2 Å². The molecule has 0 radical (unpaired) electrons. The van der Waals surface area contributed by atoms with Gasteiger partial charge in [-0.2, -0.15) is 0 Å². The predicted molar refractivity (Wildman–Crippen MR) is 144 cm³/mol. The molecular formula is C31H30FN3O3. The van der Waals surface area contributed by atoms with Gasteiger partial charge in [0.25, 0.3) is 5.91 Å². The molecule has 2 amide bonds. The Morgan fingerprint density at radius 2 is 1.66 bits per heavy atom. The van der Waals surface area contributed by atoms with Crippen LogP contribution in [-0.2, 0) is 16.1 Å². The van der Waals surface area contributed by atoms with Crippen LogP contribution in [0.3, 0.4) is 0 Å².